The van der Waals surface area contributed by atoms with E-state index in [4.69, 9.17) is 0 Å². The van der Waals surface area contributed by atoms with Gasteiger partial charge in [-0.2, -0.15) is 0 Å². The molecule has 4 nitrogen and oxygen atoms in total. The molecule has 1 heterocycles. The molecule has 0 aliphatic carbocycles. The number of nitrogens with one attached hydrogen (secondary N) is 1. The molecule has 84 valence electrons. The molecule has 0 aromatic heterocycles. The van der Waals surface area contributed by atoms with Crippen LogP contribution in [0.25, 0.3) is 0 Å². The number of unbranched alkanes of at least 4 members (excludes halogenated alkanes) is 1. The van der Waals surface area contributed by atoms with E-state index in [1.165, 1.54) is 0 Å². The summed E-state index contributed by atoms with van der Waals surface area (Å²) in [7, 11) is 0. The largest absolute Gasteiger partial charge is 0.390 e. The zero-order chi connectivity index (χ0) is 10.6. The number of hydrogen-bond donors (Lipinski definition) is 4. The van der Waals surface area contributed by atoms with Gasteiger partial charge in [0.1, 0.15) is 6.10 Å². The summed E-state index contributed by atoms with van der Waals surface area (Å²) in [4.78, 5) is 0. The lowest BCUT2D eigenvalue weighted by molar-refractivity contribution is -0.0513. The van der Waals surface area contributed by atoms with E-state index in [2.05, 4.69) is 12.2 Å². The van der Waals surface area contributed by atoms with Crippen LogP contribution in [0.15, 0.2) is 0 Å². The molecule has 0 aromatic rings. The van der Waals surface area contributed by atoms with Crippen LogP contribution in [0.2, 0.25) is 0 Å². The Labute approximate surface area is 85.0 Å². The van der Waals surface area contributed by atoms with Gasteiger partial charge in [0.05, 0.1) is 12.2 Å². The average molecular weight is 203 g/mol. The highest BCUT2D eigenvalue weighted by Gasteiger charge is 2.30. The first-order valence-corrected chi connectivity index (χ1v) is 5.42. The molecule has 0 aromatic carbocycles. The minimum Gasteiger partial charge on any atom is -0.390 e. The average Bonchev–Trinajstić information content (AvgIpc) is 2.29. The lowest BCUT2D eigenvalue weighted by atomic mass is 10.0. The number of rotatable bonds is 3. The Morgan fingerprint density at radius 3 is 2.57 bits per heavy atom. The molecular formula is C10H21NO3. The molecule has 1 fully saturated rings. The maximum Gasteiger partial charge on any atom is 0.107 e. The topological polar surface area (TPSA) is 72.7 Å². The lowest BCUT2D eigenvalue weighted by Gasteiger charge is -2.19. The summed E-state index contributed by atoms with van der Waals surface area (Å²) in [6.07, 6.45) is 1.09. The molecule has 1 saturated heterocycles. The fourth-order valence-corrected chi connectivity index (χ4v) is 1.85. The van der Waals surface area contributed by atoms with E-state index in [0.29, 0.717) is 13.0 Å². The van der Waals surface area contributed by atoms with Crippen LogP contribution in [0.4, 0.5) is 0 Å². The first-order valence-electron chi connectivity index (χ1n) is 5.42. The van der Waals surface area contributed by atoms with Crippen LogP contribution in [0.5, 0.6) is 0 Å². The van der Waals surface area contributed by atoms with Crippen molar-refractivity contribution in [3.8, 4) is 0 Å². The second-order valence-electron chi connectivity index (χ2n) is 4.11. The van der Waals surface area contributed by atoms with Crippen molar-refractivity contribution in [2.24, 2.45) is 0 Å². The Bertz CT molecular complexity index is 165. The molecule has 0 bridgehead atoms. The van der Waals surface area contributed by atoms with E-state index in [-0.39, 0.29) is 6.04 Å². The van der Waals surface area contributed by atoms with Crippen LogP contribution < -0.4 is 5.32 Å². The Kier molecular flexibility index (Phi) is 4.81. The summed E-state index contributed by atoms with van der Waals surface area (Å²) in [5, 5.41) is 31.5. The molecule has 4 N–H and O–H groups in total. The zero-order valence-corrected chi connectivity index (χ0v) is 8.69. The molecule has 1 aliphatic rings. The smallest absolute Gasteiger partial charge is 0.107 e. The van der Waals surface area contributed by atoms with E-state index in [9.17, 15) is 15.3 Å². The molecular weight excluding hydrogens is 182 g/mol. The molecule has 4 heteroatoms. The monoisotopic (exact) mass is 203 g/mol. The summed E-state index contributed by atoms with van der Waals surface area (Å²) in [5.41, 5.74) is 0. The second kappa shape index (κ2) is 5.66. The molecule has 0 spiro atoms. The maximum atomic E-state index is 9.55. The van der Waals surface area contributed by atoms with Crippen molar-refractivity contribution >= 4 is 0 Å². The Hall–Kier alpha value is -0.160. The minimum absolute atomic E-state index is 0.219. The van der Waals surface area contributed by atoms with Gasteiger partial charge in [0.25, 0.3) is 0 Å². The normalized spacial score (nSPS) is 39.4. The SMILES string of the molecule is CCCC[C@H]1C[C@@H](O)[C@H](O)[C@H](O)CN1. The van der Waals surface area contributed by atoms with E-state index < -0.39 is 18.3 Å². The quantitative estimate of drug-likeness (QED) is 0.504. The van der Waals surface area contributed by atoms with Crippen LogP contribution in [-0.4, -0.2) is 46.2 Å². The van der Waals surface area contributed by atoms with Crippen LogP contribution in [-0.2, 0) is 0 Å². The molecule has 0 radical (unpaired) electrons. The molecule has 14 heavy (non-hydrogen) atoms. The van der Waals surface area contributed by atoms with E-state index in [1.807, 2.05) is 0 Å². The van der Waals surface area contributed by atoms with Gasteiger partial charge in [-0.25, -0.2) is 0 Å². The lowest BCUT2D eigenvalue weighted by Crippen LogP contribution is -2.39. The maximum absolute atomic E-state index is 9.55. The Balaban J connectivity index is 2.41. The van der Waals surface area contributed by atoms with Gasteiger partial charge < -0.3 is 20.6 Å². The molecule has 0 unspecified atom stereocenters. The highest BCUT2D eigenvalue weighted by molar-refractivity contribution is 4.86. The summed E-state index contributed by atoms with van der Waals surface area (Å²) in [6.45, 7) is 2.49. The van der Waals surface area contributed by atoms with Crippen LogP contribution in [0.3, 0.4) is 0 Å². The van der Waals surface area contributed by atoms with E-state index in [1.54, 1.807) is 0 Å². The number of β-amino-alcohol motifs (C(OH)–C–C–N with tert-alkyl or cyclic N) is 1. The van der Waals surface area contributed by atoms with Gasteiger partial charge in [-0.05, 0) is 12.8 Å². The van der Waals surface area contributed by atoms with Crippen molar-refractivity contribution in [1.29, 1.82) is 0 Å². The summed E-state index contributed by atoms with van der Waals surface area (Å²) in [6, 6.07) is 0.219. The standard InChI is InChI=1S/C10H21NO3/c1-2-3-4-7-5-8(12)10(14)9(13)6-11-7/h7-14H,2-6H2,1H3/t7-,8+,9+,10-/m0/s1. The molecule has 4 atom stereocenters. The van der Waals surface area contributed by atoms with Gasteiger partial charge >= 0.3 is 0 Å². The second-order valence-corrected chi connectivity index (χ2v) is 4.11. The highest BCUT2D eigenvalue weighted by atomic mass is 16.4. The fraction of sp³-hybridized carbons (Fsp3) is 1.00. The first-order chi connectivity index (χ1) is 6.65. The van der Waals surface area contributed by atoms with Crippen molar-refractivity contribution in [2.45, 2.75) is 57.0 Å². The molecule has 1 aliphatic heterocycles. The third-order valence-corrected chi connectivity index (χ3v) is 2.84. The van der Waals surface area contributed by atoms with E-state index in [0.717, 1.165) is 19.3 Å². The van der Waals surface area contributed by atoms with Gasteiger partial charge in [0, 0.05) is 12.6 Å². The molecule has 0 saturated carbocycles. The predicted octanol–water partition coefficient (Wildman–Crippen LogP) is -0.379. The Morgan fingerprint density at radius 1 is 1.21 bits per heavy atom. The summed E-state index contributed by atoms with van der Waals surface area (Å²) >= 11 is 0. The number of hydrogen-bond acceptors (Lipinski definition) is 4. The third kappa shape index (κ3) is 3.20. The van der Waals surface area contributed by atoms with Gasteiger partial charge in [0.15, 0.2) is 0 Å². The molecule has 0 amide bonds. The van der Waals surface area contributed by atoms with Gasteiger partial charge in [-0.1, -0.05) is 19.8 Å². The molecule has 1 rings (SSSR count). The van der Waals surface area contributed by atoms with Crippen molar-refractivity contribution in [3.63, 3.8) is 0 Å². The van der Waals surface area contributed by atoms with Crippen molar-refractivity contribution in [1.82, 2.24) is 5.32 Å². The highest BCUT2D eigenvalue weighted by Crippen LogP contribution is 2.15. The van der Waals surface area contributed by atoms with Gasteiger partial charge in [-0.3, -0.25) is 0 Å². The zero-order valence-electron chi connectivity index (χ0n) is 8.69. The van der Waals surface area contributed by atoms with Gasteiger partial charge in [0.2, 0.25) is 0 Å². The fourth-order valence-electron chi connectivity index (χ4n) is 1.85. The summed E-state index contributed by atoms with van der Waals surface area (Å²) in [5.74, 6) is 0. The van der Waals surface area contributed by atoms with Crippen LogP contribution in [0, 0.1) is 0 Å². The van der Waals surface area contributed by atoms with Crippen molar-refractivity contribution < 1.29 is 15.3 Å². The van der Waals surface area contributed by atoms with Crippen molar-refractivity contribution in [2.75, 3.05) is 6.54 Å². The number of aliphatic hydroxyl groups is 3. The first kappa shape index (κ1) is 11.9. The van der Waals surface area contributed by atoms with Crippen LogP contribution in [0.1, 0.15) is 32.6 Å². The minimum atomic E-state index is -1.01. The summed E-state index contributed by atoms with van der Waals surface area (Å²) < 4.78 is 0. The van der Waals surface area contributed by atoms with Gasteiger partial charge in [-0.15, -0.1) is 0 Å². The Morgan fingerprint density at radius 2 is 1.93 bits per heavy atom. The van der Waals surface area contributed by atoms with Crippen molar-refractivity contribution in [3.05, 3.63) is 0 Å². The van der Waals surface area contributed by atoms with E-state index >= 15 is 0 Å². The third-order valence-electron chi connectivity index (χ3n) is 2.84. The van der Waals surface area contributed by atoms with Crippen LogP contribution >= 0.6 is 0 Å². The predicted molar refractivity (Wildman–Crippen MR) is 54.0 cm³/mol. The number of aliphatic hydroxyl groups excluding tert-OH is 3.